The normalized spacial score (nSPS) is 0. The second kappa shape index (κ2) is 217. The molecule has 0 aliphatic heterocycles. The van der Waals surface area contributed by atoms with Crippen molar-refractivity contribution >= 4 is 51.4 Å². The predicted octanol–water partition coefficient (Wildman–Crippen LogP) is -1.86. The van der Waals surface area contributed by atoms with Gasteiger partial charge in [0.25, 0.3) is 0 Å². The van der Waals surface area contributed by atoms with Crippen LogP contribution in [0.5, 0.6) is 0 Å². The van der Waals surface area contributed by atoms with Gasteiger partial charge in [-0.1, -0.05) is 0 Å². The first-order valence-electron chi connectivity index (χ1n) is 0. The maximum Gasteiger partial charge on any atom is 4.00 e. The van der Waals surface area contributed by atoms with Gasteiger partial charge in [-0.15, -0.1) is 0 Å². The van der Waals surface area contributed by atoms with E-state index in [2.05, 4.69) is 0 Å². The van der Waals surface area contributed by atoms with Crippen molar-refractivity contribution in [3.8, 4) is 0 Å². The third-order valence-corrected chi connectivity index (χ3v) is 0. The molecule has 0 N–H and O–H groups in total. The Morgan fingerprint density at radius 3 is 0.500 bits per heavy atom. The van der Waals surface area contributed by atoms with Gasteiger partial charge in [-0.2, -0.15) is 0 Å². The van der Waals surface area contributed by atoms with Crippen molar-refractivity contribution in [2.24, 2.45) is 0 Å². The molecular formula is AlMgO6SiY. The molecule has 0 aromatic rings. The summed E-state index contributed by atoms with van der Waals surface area (Å²) in [6.07, 6.45) is 0. The molecule has 10 heavy (non-hydrogen) atoms. The topological polar surface area (TPSA) is 171 Å². The van der Waals surface area contributed by atoms with Gasteiger partial charge in [0.05, 0.1) is 0 Å². The summed E-state index contributed by atoms with van der Waals surface area (Å²) in [7, 11) is 0. The van der Waals surface area contributed by atoms with E-state index in [1.807, 2.05) is 0 Å². The van der Waals surface area contributed by atoms with Crippen molar-refractivity contribution < 1.29 is 65.6 Å². The molecule has 0 saturated heterocycles. The Balaban J connectivity index is 0. The molecule has 0 saturated carbocycles. The molecule has 6 nitrogen and oxygen atoms in total. The molecule has 0 bridgehead atoms. The molecule has 0 aromatic heterocycles. The molecule has 0 amide bonds. The molecule has 0 radical (unpaired) electrons. The van der Waals surface area contributed by atoms with Gasteiger partial charge in [0.2, 0.25) is 0 Å². The largest absolute Gasteiger partial charge is 4.00 e. The van der Waals surface area contributed by atoms with E-state index in [4.69, 9.17) is 0 Å². The zero-order chi connectivity index (χ0) is 0. The van der Waals surface area contributed by atoms with Crippen molar-refractivity contribution in [2.75, 3.05) is 0 Å². The first-order valence-corrected chi connectivity index (χ1v) is 0. The van der Waals surface area contributed by atoms with E-state index in [0.29, 0.717) is 0 Å². The Morgan fingerprint density at radius 2 is 0.500 bits per heavy atom. The molecule has 0 atom stereocenters. The summed E-state index contributed by atoms with van der Waals surface area (Å²) in [4.78, 5) is 0. The Hall–Kier alpha value is 2.38. The van der Waals surface area contributed by atoms with Gasteiger partial charge in [-0.05, 0) is 0 Å². The molecule has 10 heteroatoms. The zero-order valence-electron chi connectivity index (χ0n) is 4.81. The van der Waals surface area contributed by atoms with Gasteiger partial charge in [0.15, 0.2) is 0 Å². The monoisotopic (exact) mass is 264 g/mol. The van der Waals surface area contributed by atoms with Gasteiger partial charge >= 0.3 is 84.1 Å². The average molecular weight is 264 g/mol. The summed E-state index contributed by atoms with van der Waals surface area (Å²) in [6, 6.07) is 0. The Bertz CT molecular complexity index is 17.7. The van der Waals surface area contributed by atoms with E-state index in [9.17, 15) is 0 Å². The van der Waals surface area contributed by atoms with E-state index in [0.717, 1.165) is 0 Å². The van der Waals surface area contributed by atoms with Crippen LogP contribution in [0.25, 0.3) is 0 Å². The van der Waals surface area contributed by atoms with Gasteiger partial charge in [-0.3, -0.25) is 0 Å². The van der Waals surface area contributed by atoms with Crippen molar-refractivity contribution in [3.63, 3.8) is 0 Å². The summed E-state index contributed by atoms with van der Waals surface area (Å²) in [6.45, 7) is 0. The molecule has 48 valence electrons. The number of hydrogen-bond acceptors (Lipinski definition) is 0. The van der Waals surface area contributed by atoms with Crippen molar-refractivity contribution in [1.82, 2.24) is 0 Å². The van der Waals surface area contributed by atoms with Crippen LogP contribution in [-0.4, -0.2) is 51.4 Å². The van der Waals surface area contributed by atoms with E-state index >= 15 is 0 Å². The number of rotatable bonds is 0. The maximum atomic E-state index is 0. The molecule has 0 fully saturated rings. The third-order valence-electron chi connectivity index (χ3n) is 0. The Kier molecular flexibility index (Phi) is 6130. The SMILES string of the molecule is [Al+3].[Mg+2].[O-2].[O-2].[O-2].[O-2].[O-2].[O-2].[Si+4].[Y+3]. The molecule has 0 unspecified atom stereocenters. The fraction of sp³-hybridized carbons (Fsp3) is 0. The quantitative estimate of drug-likeness (QED) is 0.447. The van der Waals surface area contributed by atoms with Crippen LogP contribution in [0.2, 0.25) is 0 Å². The molecular weight excluding hydrogens is 264 g/mol. The zero-order valence-corrected chi connectivity index (χ0v) is 11.2. The minimum absolute atomic E-state index is 0. The minimum Gasteiger partial charge on any atom is -2.00 e. The maximum absolute atomic E-state index is 0. The Morgan fingerprint density at radius 1 is 0.500 bits per heavy atom. The van der Waals surface area contributed by atoms with Crippen molar-refractivity contribution in [2.45, 2.75) is 0 Å². The standard InChI is InChI=1S/Al.Mg.6O.Si.Y/q+3;+2;6*-2;+4;+3. The molecule has 0 spiro atoms. The van der Waals surface area contributed by atoms with E-state index in [1.54, 1.807) is 0 Å². The second-order valence-electron chi connectivity index (χ2n) is 0. The van der Waals surface area contributed by atoms with Crippen LogP contribution in [0.3, 0.4) is 0 Å². The average Bonchev–Trinajstić information content (AvgIpc) is 0. The predicted molar refractivity (Wildman–Crippen MR) is 21.4 cm³/mol. The minimum atomic E-state index is 0. The summed E-state index contributed by atoms with van der Waals surface area (Å²) in [5.74, 6) is 0. The van der Waals surface area contributed by atoms with Crippen LogP contribution in [0.1, 0.15) is 0 Å². The number of hydrogen-bond donors (Lipinski definition) is 0. The summed E-state index contributed by atoms with van der Waals surface area (Å²) in [5.41, 5.74) is 0. The third kappa shape index (κ3) is 161. The first-order chi connectivity index (χ1) is 0. The van der Waals surface area contributed by atoms with E-state index in [1.165, 1.54) is 0 Å². The molecule has 0 aromatic carbocycles. The van der Waals surface area contributed by atoms with Crippen LogP contribution in [0.4, 0.5) is 0 Å². The van der Waals surface area contributed by atoms with Gasteiger partial charge in [-0.25, -0.2) is 0 Å². The Labute approximate surface area is 116 Å². The van der Waals surface area contributed by atoms with Crippen LogP contribution < -0.4 is 0 Å². The fourth-order valence-electron chi connectivity index (χ4n) is 0. The second-order valence-corrected chi connectivity index (χ2v) is 0. The van der Waals surface area contributed by atoms with Crippen LogP contribution in [0, 0.1) is 0 Å². The van der Waals surface area contributed by atoms with Crippen molar-refractivity contribution in [3.05, 3.63) is 0 Å². The van der Waals surface area contributed by atoms with Gasteiger partial charge < -0.3 is 32.9 Å². The van der Waals surface area contributed by atoms with Gasteiger partial charge in [0.1, 0.15) is 0 Å². The van der Waals surface area contributed by atoms with Crippen molar-refractivity contribution in [1.29, 1.82) is 0 Å². The van der Waals surface area contributed by atoms with E-state index in [-0.39, 0.29) is 117 Å². The molecule has 0 aliphatic rings. The molecule has 0 heterocycles. The molecule has 0 rings (SSSR count). The van der Waals surface area contributed by atoms with Crippen LogP contribution >= 0.6 is 0 Å². The van der Waals surface area contributed by atoms with Gasteiger partial charge in [0, 0.05) is 0 Å². The summed E-state index contributed by atoms with van der Waals surface area (Å²) >= 11 is 0. The summed E-state index contributed by atoms with van der Waals surface area (Å²) in [5, 5.41) is 0. The fourth-order valence-corrected chi connectivity index (χ4v) is 0. The summed E-state index contributed by atoms with van der Waals surface area (Å²) < 4.78 is 0. The van der Waals surface area contributed by atoms with Crippen LogP contribution in [-0.2, 0) is 65.6 Å². The first kappa shape index (κ1) is 283. The van der Waals surface area contributed by atoms with E-state index < -0.39 is 0 Å². The smallest absolute Gasteiger partial charge is 2.00 e. The molecule has 0 aliphatic carbocycles. The van der Waals surface area contributed by atoms with Crippen LogP contribution in [0.15, 0.2) is 0 Å².